The van der Waals surface area contributed by atoms with Crippen LogP contribution in [-0.2, 0) is 0 Å². The van der Waals surface area contributed by atoms with Crippen LogP contribution in [0.15, 0.2) is 17.6 Å². The van der Waals surface area contributed by atoms with Crippen LogP contribution >= 0.6 is 34.3 Å². The minimum absolute atomic E-state index is 0.175. The van der Waals surface area contributed by atoms with Crippen LogP contribution in [-0.4, -0.2) is 70.2 Å². The molecular formula is C20H24ClN7O2S2. The molecule has 1 amide bonds. The standard InChI is InChI=1S/C20H24ClN7O2S2/c1-12-11-31-18(21)17(12)26-19(30)14-10-22-20(32-14)25-15-9-16(24-13(2)23-15)28-5-3-27(4-6-28)7-8-29/h9-11,29H,3-8H2,1-2H3,(H,26,30)(H,22,23,24,25). The molecule has 12 heteroatoms. The van der Waals surface area contributed by atoms with Crippen LogP contribution in [0.5, 0.6) is 0 Å². The molecule has 4 heterocycles. The first-order valence-corrected chi connectivity index (χ1v) is 12.2. The Morgan fingerprint density at radius 2 is 2.03 bits per heavy atom. The summed E-state index contributed by atoms with van der Waals surface area (Å²) in [6, 6.07) is 1.89. The van der Waals surface area contributed by atoms with Gasteiger partial charge < -0.3 is 20.6 Å². The first kappa shape index (κ1) is 22.9. The Morgan fingerprint density at radius 1 is 1.25 bits per heavy atom. The molecule has 3 aromatic rings. The first-order valence-electron chi connectivity index (χ1n) is 10.1. The molecule has 32 heavy (non-hydrogen) atoms. The molecule has 1 aliphatic heterocycles. The first-order chi connectivity index (χ1) is 15.4. The third-order valence-electron chi connectivity index (χ3n) is 5.07. The maximum absolute atomic E-state index is 12.6. The molecule has 9 nitrogen and oxygen atoms in total. The molecular weight excluding hydrogens is 470 g/mol. The van der Waals surface area contributed by atoms with Gasteiger partial charge in [-0.1, -0.05) is 22.9 Å². The summed E-state index contributed by atoms with van der Waals surface area (Å²) in [4.78, 5) is 30.9. The van der Waals surface area contributed by atoms with E-state index >= 15 is 0 Å². The molecule has 0 saturated carbocycles. The second-order valence-corrected chi connectivity index (χ2v) is 9.90. The molecule has 1 fully saturated rings. The van der Waals surface area contributed by atoms with Crippen molar-refractivity contribution in [3.05, 3.63) is 38.2 Å². The van der Waals surface area contributed by atoms with Crippen LogP contribution in [0.25, 0.3) is 0 Å². The number of aryl methyl sites for hydroxylation is 2. The van der Waals surface area contributed by atoms with Gasteiger partial charge in [0.25, 0.3) is 5.91 Å². The second-order valence-electron chi connectivity index (χ2n) is 7.39. The quantitative estimate of drug-likeness (QED) is 0.460. The van der Waals surface area contributed by atoms with E-state index in [1.54, 1.807) is 0 Å². The highest BCUT2D eigenvalue weighted by molar-refractivity contribution is 7.17. The highest BCUT2D eigenvalue weighted by atomic mass is 35.5. The summed E-state index contributed by atoms with van der Waals surface area (Å²) in [5, 5.41) is 17.6. The lowest BCUT2D eigenvalue weighted by atomic mass is 10.3. The number of nitrogens with zero attached hydrogens (tertiary/aromatic N) is 5. The molecule has 0 atom stereocenters. The Hall–Kier alpha value is -2.31. The zero-order chi connectivity index (χ0) is 22.7. The van der Waals surface area contributed by atoms with Gasteiger partial charge in [-0.25, -0.2) is 15.0 Å². The van der Waals surface area contributed by atoms with Crippen molar-refractivity contribution in [2.75, 3.05) is 54.9 Å². The monoisotopic (exact) mass is 493 g/mol. The fourth-order valence-corrected chi connectivity index (χ4v) is 5.18. The van der Waals surface area contributed by atoms with Gasteiger partial charge in [0.15, 0.2) is 5.13 Å². The Balaban J connectivity index is 1.42. The minimum atomic E-state index is -0.251. The number of nitrogens with one attached hydrogen (secondary N) is 2. The number of β-amino-alcohol motifs (C(OH)–C–C–N with tert-alkyl or cyclic N) is 1. The van der Waals surface area contributed by atoms with Crippen molar-refractivity contribution >= 4 is 62.6 Å². The Labute approximate surface area is 199 Å². The molecule has 3 N–H and O–H groups in total. The number of aromatic nitrogens is 3. The largest absolute Gasteiger partial charge is 0.395 e. The number of thiophene rings is 1. The van der Waals surface area contributed by atoms with E-state index in [2.05, 4.69) is 35.4 Å². The number of piperazine rings is 1. The number of anilines is 4. The molecule has 0 bridgehead atoms. The molecule has 0 aromatic carbocycles. The summed E-state index contributed by atoms with van der Waals surface area (Å²) < 4.78 is 0.555. The molecule has 0 spiro atoms. The SMILES string of the molecule is Cc1nc(Nc2ncc(C(=O)Nc3c(C)csc3Cl)s2)cc(N2CCN(CCO)CC2)n1. The number of hydrogen-bond acceptors (Lipinski definition) is 10. The molecule has 1 aliphatic rings. The fraction of sp³-hybridized carbons (Fsp3) is 0.400. The van der Waals surface area contributed by atoms with Gasteiger partial charge in [0.2, 0.25) is 0 Å². The van der Waals surface area contributed by atoms with Gasteiger partial charge >= 0.3 is 0 Å². The van der Waals surface area contributed by atoms with E-state index < -0.39 is 0 Å². The van der Waals surface area contributed by atoms with Crippen molar-refractivity contribution in [1.29, 1.82) is 0 Å². The predicted octanol–water partition coefficient (Wildman–Crippen LogP) is 3.38. The van der Waals surface area contributed by atoms with E-state index in [9.17, 15) is 4.79 Å². The van der Waals surface area contributed by atoms with Gasteiger partial charge in [0.05, 0.1) is 18.5 Å². The summed E-state index contributed by atoms with van der Waals surface area (Å²) in [6.45, 7) is 8.06. The van der Waals surface area contributed by atoms with E-state index in [0.29, 0.717) is 38.2 Å². The number of halogens is 1. The summed E-state index contributed by atoms with van der Waals surface area (Å²) in [5.41, 5.74) is 1.57. The van der Waals surface area contributed by atoms with E-state index in [4.69, 9.17) is 16.7 Å². The van der Waals surface area contributed by atoms with Crippen LogP contribution in [0, 0.1) is 13.8 Å². The van der Waals surface area contributed by atoms with Crippen molar-refractivity contribution < 1.29 is 9.90 Å². The maximum atomic E-state index is 12.6. The minimum Gasteiger partial charge on any atom is -0.395 e. The van der Waals surface area contributed by atoms with Crippen LogP contribution < -0.4 is 15.5 Å². The lowest BCUT2D eigenvalue weighted by molar-refractivity contribution is 0.103. The Kier molecular flexibility index (Phi) is 7.21. The lowest BCUT2D eigenvalue weighted by Crippen LogP contribution is -2.47. The number of hydrogen-bond donors (Lipinski definition) is 3. The fourth-order valence-electron chi connectivity index (χ4n) is 3.40. The summed E-state index contributed by atoms with van der Waals surface area (Å²) in [5.74, 6) is 1.88. The molecule has 170 valence electrons. The molecule has 0 radical (unpaired) electrons. The van der Waals surface area contributed by atoms with Gasteiger partial charge in [0.1, 0.15) is 26.7 Å². The smallest absolute Gasteiger partial charge is 0.267 e. The van der Waals surface area contributed by atoms with Gasteiger partial charge in [0, 0.05) is 38.8 Å². The lowest BCUT2D eigenvalue weighted by Gasteiger charge is -2.35. The third-order valence-corrected chi connectivity index (χ3v) is 7.32. The van der Waals surface area contributed by atoms with Gasteiger partial charge in [-0.15, -0.1) is 11.3 Å². The van der Waals surface area contributed by atoms with E-state index in [0.717, 1.165) is 37.6 Å². The number of thiazole rings is 1. The van der Waals surface area contributed by atoms with Crippen molar-refractivity contribution in [2.45, 2.75) is 13.8 Å². The number of amides is 1. The number of aliphatic hydroxyl groups excluding tert-OH is 1. The molecule has 0 aliphatic carbocycles. The topological polar surface area (TPSA) is 107 Å². The summed E-state index contributed by atoms with van der Waals surface area (Å²) in [7, 11) is 0. The average molecular weight is 494 g/mol. The number of carbonyl (C=O) groups excluding carboxylic acids is 1. The van der Waals surface area contributed by atoms with Crippen LogP contribution in [0.4, 0.5) is 22.5 Å². The van der Waals surface area contributed by atoms with Crippen molar-refractivity contribution in [3.8, 4) is 0 Å². The summed E-state index contributed by atoms with van der Waals surface area (Å²) >= 11 is 8.78. The maximum Gasteiger partial charge on any atom is 0.267 e. The number of rotatable bonds is 7. The highest BCUT2D eigenvalue weighted by Gasteiger charge is 2.19. The van der Waals surface area contributed by atoms with Gasteiger partial charge in [-0.2, -0.15) is 0 Å². The molecule has 0 unspecified atom stereocenters. The van der Waals surface area contributed by atoms with E-state index in [1.807, 2.05) is 25.3 Å². The normalized spacial score (nSPS) is 14.6. The van der Waals surface area contributed by atoms with Crippen molar-refractivity contribution in [2.24, 2.45) is 0 Å². The van der Waals surface area contributed by atoms with Crippen molar-refractivity contribution in [3.63, 3.8) is 0 Å². The number of carbonyl (C=O) groups is 1. The molecule has 1 saturated heterocycles. The van der Waals surface area contributed by atoms with Gasteiger partial charge in [-0.3, -0.25) is 9.69 Å². The highest BCUT2D eigenvalue weighted by Crippen LogP contribution is 2.33. The molecule has 4 rings (SSSR count). The third kappa shape index (κ3) is 5.36. The average Bonchev–Trinajstić information content (AvgIpc) is 3.36. The summed E-state index contributed by atoms with van der Waals surface area (Å²) in [6.07, 6.45) is 1.53. The van der Waals surface area contributed by atoms with E-state index in [-0.39, 0.29) is 12.5 Å². The Bertz CT molecular complexity index is 1080. The zero-order valence-electron chi connectivity index (χ0n) is 17.8. The zero-order valence-corrected chi connectivity index (χ0v) is 20.1. The second kappa shape index (κ2) is 10.1. The number of aliphatic hydroxyl groups is 1. The van der Waals surface area contributed by atoms with Crippen LogP contribution in [0.3, 0.4) is 0 Å². The van der Waals surface area contributed by atoms with E-state index in [1.165, 1.54) is 28.9 Å². The van der Waals surface area contributed by atoms with Crippen LogP contribution in [0.1, 0.15) is 21.1 Å². The predicted molar refractivity (Wildman–Crippen MR) is 130 cm³/mol. The van der Waals surface area contributed by atoms with Crippen molar-refractivity contribution in [1.82, 2.24) is 19.9 Å². The molecule has 3 aromatic heterocycles. The van der Waals surface area contributed by atoms with Crippen LogP contribution in [0.2, 0.25) is 4.34 Å². The van der Waals surface area contributed by atoms with Gasteiger partial charge in [-0.05, 0) is 24.8 Å². The Morgan fingerprint density at radius 3 is 2.72 bits per heavy atom.